The highest BCUT2D eigenvalue weighted by molar-refractivity contribution is 5.46. The number of aryl methyl sites for hydroxylation is 1. The zero-order valence-electron chi connectivity index (χ0n) is 9.80. The third-order valence-corrected chi connectivity index (χ3v) is 2.86. The van der Waals surface area contributed by atoms with Gasteiger partial charge >= 0.3 is 0 Å². The van der Waals surface area contributed by atoms with Crippen LogP contribution in [0.2, 0.25) is 0 Å². The van der Waals surface area contributed by atoms with Crippen molar-refractivity contribution in [1.29, 1.82) is 0 Å². The molecule has 0 aliphatic carbocycles. The van der Waals surface area contributed by atoms with Crippen LogP contribution >= 0.6 is 0 Å². The fourth-order valence-corrected chi connectivity index (χ4v) is 1.90. The Balaban J connectivity index is 2.44. The Morgan fingerprint density at radius 1 is 1.24 bits per heavy atom. The van der Waals surface area contributed by atoms with Crippen LogP contribution in [0.4, 0.5) is 5.82 Å². The Labute approximate surface area is 101 Å². The number of hydrogen-bond donors (Lipinski definition) is 2. The fraction of sp³-hybridized carbons (Fsp3) is 0.231. The van der Waals surface area contributed by atoms with Gasteiger partial charge in [0.1, 0.15) is 5.82 Å². The van der Waals surface area contributed by atoms with Gasteiger partial charge < -0.3 is 11.5 Å². The molecule has 4 N–H and O–H groups in total. The summed E-state index contributed by atoms with van der Waals surface area (Å²) in [4.78, 5) is 8.18. The first-order chi connectivity index (χ1) is 8.24. The van der Waals surface area contributed by atoms with Crippen molar-refractivity contribution in [2.24, 2.45) is 5.73 Å². The van der Waals surface area contributed by atoms with Gasteiger partial charge in [-0.1, -0.05) is 13.0 Å². The normalized spacial score (nSPS) is 12.4. The van der Waals surface area contributed by atoms with Crippen molar-refractivity contribution >= 4 is 5.82 Å². The molecular weight excluding hydrogens is 212 g/mol. The van der Waals surface area contributed by atoms with Crippen LogP contribution in [0, 0.1) is 0 Å². The molecule has 2 aromatic heterocycles. The summed E-state index contributed by atoms with van der Waals surface area (Å²) < 4.78 is 0. The Kier molecular flexibility index (Phi) is 3.35. The number of nitrogens with two attached hydrogens (primary N) is 2. The molecule has 0 aliphatic heterocycles. The molecule has 0 saturated carbocycles. The van der Waals surface area contributed by atoms with E-state index in [1.165, 1.54) is 0 Å². The number of nitrogens with zero attached hydrogens (tertiary/aromatic N) is 2. The number of aromatic nitrogens is 2. The minimum Gasteiger partial charge on any atom is -0.383 e. The molecule has 0 spiro atoms. The minimum absolute atomic E-state index is 0.248. The molecule has 17 heavy (non-hydrogen) atoms. The van der Waals surface area contributed by atoms with Gasteiger partial charge in [0, 0.05) is 24.2 Å². The first-order valence-corrected chi connectivity index (χ1v) is 5.62. The molecule has 1 atom stereocenters. The van der Waals surface area contributed by atoms with Gasteiger partial charge in [-0.3, -0.25) is 4.98 Å². The predicted octanol–water partition coefficient (Wildman–Crippen LogP) is 1.67. The molecule has 0 amide bonds. The smallest absolute Gasteiger partial charge is 0.128 e. The van der Waals surface area contributed by atoms with Gasteiger partial charge in [-0.2, -0.15) is 0 Å². The number of anilines is 1. The van der Waals surface area contributed by atoms with Crippen LogP contribution < -0.4 is 11.5 Å². The van der Waals surface area contributed by atoms with Gasteiger partial charge in [-0.05, 0) is 29.7 Å². The molecule has 0 saturated heterocycles. The first-order valence-electron chi connectivity index (χ1n) is 5.62. The lowest BCUT2D eigenvalue weighted by atomic mass is 9.96. The Hall–Kier alpha value is -1.94. The van der Waals surface area contributed by atoms with E-state index in [2.05, 4.69) is 16.9 Å². The van der Waals surface area contributed by atoms with Crippen LogP contribution in [0.15, 0.2) is 36.8 Å². The number of nitrogen functional groups attached to an aromatic ring is 1. The maximum Gasteiger partial charge on any atom is 0.128 e. The van der Waals surface area contributed by atoms with E-state index in [0.717, 1.165) is 23.1 Å². The second kappa shape index (κ2) is 4.93. The third-order valence-electron chi connectivity index (χ3n) is 2.86. The molecule has 0 aromatic carbocycles. The van der Waals surface area contributed by atoms with Crippen molar-refractivity contribution in [1.82, 2.24) is 9.97 Å². The lowest BCUT2D eigenvalue weighted by molar-refractivity contribution is 0.841. The summed E-state index contributed by atoms with van der Waals surface area (Å²) in [6, 6.07) is 5.45. The highest BCUT2D eigenvalue weighted by Crippen LogP contribution is 2.25. The maximum absolute atomic E-state index is 6.25. The second-order valence-electron chi connectivity index (χ2n) is 3.88. The summed E-state index contributed by atoms with van der Waals surface area (Å²) in [5.41, 5.74) is 15.1. The van der Waals surface area contributed by atoms with Crippen LogP contribution in [0.5, 0.6) is 0 Å². The summed E-state index contributed by atoms with van der Waals surface area (Å²) in [5.74, 6) is 0.485. The zero-order chi connectivity index (χ0) is 12.3. The summed E-state index contributed by atoms with van der Waals surface area (Å²) in [7, 11) is 0. The predicted molar refractivity (Wildman–Crippen MR) is 68.3 cm³/mol. The molecule has 2 rings (SSSR count). The molecule has 4 nitrogen and oxygen atoms in total. The van der Waals surface area contributed by atoms with E-state index < -0.39 is 0 Å². The molecule has 88 valence electrons. The van der Waals surface area contributed by atoms with Gasteiger partial charge in [-0.25, -0.2) is 4.98 Å². The zero-order valence-corrected chi connectivity index (χ0v) is 9.80. The lowest BCUT2D eigenvalue weighted by Gasteiger charge is -2.16. The Morgan fingerprint density at radius 2 is 2.06 bits per heavy atom. The lowest BCUT2D eigenvalue weighted by Crippen LogP contribution is -2.16. The molecular formula is C13H16N4. The Bertz CT molecular complexity index is 510. The largest absolute Gasteiger partial charge is 0.383 e. The second-order valence-corrected chi connectivity index (χ2v) is 3.88. The van der Waals surface area contributed by atoms with E-state index in [4.69, 9.17) is 11.5 Å². The molecule has 1 unspecified atom stereocenters. The minimum atomic E-state index is -0.248. The standard InChI is InChI=1S/C13H16N4/c1-2-9-8-16-7-5-10(9)12(14)11-4-3-6-17-13(11)15/h3-8,12H,2,14H2,1H3,(H2,15,17). The molecule has 0 radical (unpaired) electrons. The summed E-state index contributed by atoms with van der Waals surface area (Å²) in [6.45, 7) is 2.08. The van der Waals surface area contributed by atoms with Crippen molar-refractivity contribution in [3.05, 3.63) is 53.5 Å². The van der Waals surface area contributed by atoms with Crippen LogP contribution in [0.3, 0.4) is 0 Å². The van der Waals surface area contributed by atoms with Crippen LogP contribution in [-0.4, -0.2) is 9.97 Å². The average Bonchev–Trinajstić information content (AvgIpc) is 2.38. The van der Waals surface area contributed by atoms with E-state index in [1.807, 2.05) is 24.4 Å². The molecule has 4 heteroatoms. The van der Waals surface area contributed by atoms with Crippen molar-refractivity contribution < 1.29 is 0 Å². The van der Waals surface area contributed by atoms with Crippen molar-refractivity contribution in [2.75, 3.05) is 5.73 Å². The van der Waals surface area contributed by atoms with Crippen molar-refractivity contribution in [2.45, 2.75) is 19.4 Å². The number of rotatable bonds is 3. The summed E-state index contributed by atoms with van der Waals surface area (Å²) >= 11 is 0. The van der Waals surface area contributed by atoms with Crippen LogP contribution in [0.25, 0.3) is 0 Å². The van der Waals surface area contributed by atoms with Crippen LogP contribution in [0.1, 0.15) is 29.7 Å². The van der Waals surface area contributed by atoms with Gasteiger partial charge in [0.15, 0.2) is 0 Å². The topological polar surface area (TPSA) is 77.8 Å². The Morgan fingerprint density at radius 3 is 2.76 bits per heavy atom. The van der Waals surface area contributed by atoms with Gasteiger partial charge in [0.2, 0.25) is 0 Å². The monoisotopic (exact) mass is 228 g/mol. The molecule has 2 heterocycles. The van der Waals surface area contributed by atoms with Crippen LogP contribution in [-0.2, 0) is 6.42 Å². The van der Waals surface area contributed by atoms with E-state index in [1.54, 1.807) is 12.4 Å². The molecule has 0 fully saturated rings. The highest BCUT2D eigenvalue weighted by atomic mass is 14.8. The first kappa shape index (κ1) is 11.5. The van der Waals surface area contributed by atoms with Gasteiger partial charge in [0.05, 0.1) is 6.04 Å². The van der Waals surface area contributed by atoms with Crippen molar-refractivity contribution in [3.8, 4) is 0 Å². The van der Waals surface area contributed by atoms with Gasteiger partial charge in [0.25, 0.3) is 0 Å². The number of hydrogen-bond acceptors (Lipinski definition) is 4. The average molecular weight is 228 g/mol. The number of pyridine rings is 2. The van der Waals surface area contributed by atoms with E-state index in [9.17, 15) is 0 Å². The quantitative estimate of drug-likeness (QED) is 0.837. The highest BCUT2D eigenvalue weighted by Gasteiger charge is 2.15. The van der Waals surface area contributed by atoms with Gasteiger partial charge in [-0.15, -0.1) is 0 Å². The van der Waals surface area contributed by atoms with E-state index in [0.29, 0.717) is 5.82 Å². The van der Waals surface area contributed by atoms with Crippen molar-refractivity contribution in [3.63, 3.8) is 0 Å². The third kappa shape index (κ3) is 2.26. The molecule has 2 aromatic rings. The SMILES string of the molecule is CCc1cnccc1C(N)c1cccnc1N. The summed E-state index contributed by atoms with van der Waals surface area (Å²) in [6.07, 6.45) is 6.17. The van der Waals surface area contributed by atoms with E-state index in [-0.39, 0.29) is 6.04 Å². The maximum atomic E-state index is 6.25. The molecule has 0 bridgehead atoms. The fourth-order valence-electron chi connectivity index (χ4n) is 1.90. The summed E-state index contributed by atoms with van der Waals surface area (Å²) in [5, 5.41) is 0. The molecule has 0 aliphatic rings. The van der Waals surface area contributed by atoms with E-state index >= 15 is 0 Å².